The molecule has 3 aromatic carbocycles. The molecule has 26 heavy (non-hydrogen) atoms. The van der Waals surface area contributed by atoms with Gasteiger partial charge in [-0.25, -0.2) is 0 Å². The van der Waals surface area contributed by atoms with Crippen molar-refractivity contribution in [1.82, 2.24) is 4.90 Å². The minimum Gasteiger partial charge on any atom is -0.487 e. The van der Waals surface area contributed by atoms with Crippen molar-refractivity contribution < 1.29 is 4.74 Å². The third-order valence-corrected chi connectivity index (χ3v) is 4.76. The van der Waals surface area contributed by atoms with E-state index in [1.54, 1.807) is 0 Å². The smallest absolute Gasteiger partial charge is 0.130 e. The van der Waals surface area contributed by atoms with Crippen LogP contribution in [0, 0.1) is 0 Å². The molecule has 0 radical (unpaired) electrons. The Morgan fingerprint density at radius 2 is 1.42 bits per heavy atom. The lowest BCUT2D eigenvalue weighted by molar-refractivity contribution is -0.0263. The fourth-order valence-corrected chi connectivity index (χ4v) is 3.35. The summed E-state index contributed by atoms with van der Waals surface area (Å²) in [5.74, 6) is 0.940. The maximum absolute atomic E-state index is 6.23. The van der Waals surface area contributed by atoms with Gasteiger partial charge in [-0.2, -0.15) is 0 Å². The molecule has 0 saturated carbocycles. The van der Waals surface area contributed by atoms with Crippen LogP contribution in [-0.2, 0) is 6.54 Å². The van der Waals surface area contributed by atoms with Crippen molar-refractivity contribution in [2.24, 2.45) is 0 Å². The van der Waals surface area contributed by atoms with E-state index in [0.717, 1.165) is 18.8 Å². The van der Waals surface area contributed by atoms with Crippen LogP contribution in [0.15, 0.2) is 97.1 Å². The Bertz CT molecular complexity index is 782. The van der Waals surface area contributed by atoms with Crippen LogP contribution in [0.2, 0.25) is 0 Å². The highest BCUT2D eigenvalue weighted by molar-refractivity contribution is 5.50. The van der Waals surface area contributed by atoms with Crippen LogP contribution >= 0.6 is 0 Å². The van der Waals surface area contributed by atoms with Crippen LogP contribution in [0.4, 0.5) is 0 Å². The van der Waals surface area contributed by atoms with E-state index in [0.29, 0.717) is 0 Å². The predicted molar refractivity (Wildman–Crippen MR) is 107 cm³/mol. The molecule has 130 valence electrons. The second-order valence-electron chi connectivity index (χ2n) is 6.64. The zero-order valence-electron chi connectivity index (χ0n) is 14.7. The molecule has 2 atom stereocenters. The maximum atomic E-state index is 6.23. The second-order valence-corrected chi connectivity index (χ2v) is 6.64. The molecule has 1 aliphatic heterocycles. The molecule has 0 N–H and O–H groups in total. The molecule has 2 heteroatoms. The highest BCUT2D eigenvalue weighted by Gasteiger charge is 2.38. The maximum Gasteiger partial charge on any atom is 0.130 e. The lowest BCUT2D eigenvalue weighted by atomic mass is 9.96. The summed E-state index contributed by atoms with van der Waals surface area (Å²) in [6, 6.07) is 31.4. The van der Waals surface area contributed by atoms with Gasteiger partial charge < -0.3 is 4.74 Å². The topological polar surface area (TPSA) is 12.5 Å². The number of ether oxygens (including phenoxy) is 1. The molecule has 0 amide bonds. The van der Waals surface area contributed by atoms with Gasteiger partial charge in [0, 0.05) is 13.1 Å². The lowest BCUT2D eigenvalue weighted by Gasteiger charge is -2.46. The molecule has 2 nitrogen and oxygen atoms in total. The van der Waals surface area contributed by atoms with Gasteiger partial charge in [0.15, 0.2) is 0 Å². The first-order chi connectivity index (χ1) is 12.9. The van der Waals surface area contributed by atoms with Gasteiger partial charge in [-0.1, -0.05) is 91.0 Å². The number of para-hydroxylation sites is 1. The zero-order chi connectivity index (χ0) is 17.6. The van der Waals surface area contributed by atoms with Gasteiger partial charge >= 0.3 is 0 Å². The van der Waals surface area contributed by atoms with Gasteiger partial charge in [0.05, 0.1) is 6.04 Å². The van der Waals surface area contributed by atoms with Crippen LogP contribution in [0.25, 0.3) is 6.08 Å². The zero-order valence-corrected chi connectivity index (χ0v) is 14.7. The summed E-state index contributed by atoms with van der Waals surface area (Å²) in [6.45, 7) is 1.88. The first-order valence-electron chi connectivity index (χ1n) is 9.11. The van der Waals surface area contributed by atoms with Crippen molar-refractivity contribution in [3.63, 3.8) is 0 Å². The van der Waals surface area contributed by atoms with Gasteiger partial charge in [0.1, 0.15) is 11.9 Å². The summed E-state index contributed by atoms with van der Waals surface area (Å²) in [4.78, 5) is 2.46. The van der Waals surface area contributed by atoms with E-state index in [-0.39, 0.29) is 12.1 Å². The summed E-state index contributed by atoms with van der Waals surface area (Å²) in [6.07, 6.45) is 4.65. The van der Waals surface area contributed by atoms with Crippen molar-refractivity contribution in [2.45, 2.75) is 18.7 Å². The standard InChI is InChI=1S/C24H23NO/c1-4-10-20(11-5-1)16-17-23-24(26-22-14-8-3-9-15-22)19-25(23)18-21-12-6-2-7-13-21/h1-17,23-24H,18-19H2/b17-16+/t23-,24-/m1/s1. The third-order valence-electron chi connectivity index (χ3n) is 4.76. The summed E-state index contributed by atoms with van der Waals surface area (Å²) in [7, 11) is 0. The average Bonchev–Trinajstić information content (AvgIpc) is 2.69. The quantitative estimate of drug-likeness (QED) is 0.623. The fraction of sp³-hybridized carbons (Fsp3) is 0.167. The number of nitrogens with zero attached hydrogens (tertiary/aromatic N) is 1. The molecule has 1 heterocycles. The van der Waals surface area contributed by atoms with E-state index < -0.39 is 0 Å². The Hall–Kier alpha value is -2.84. The molecular formula is C24H23NO. The molecule has 3 aromatic rings. The van der Waals surface area contributed by atoms with Crippen LogP contribution in [-0.4, -0.2) is 23.6 Å². The molecule has 1 fully saturated rings. The van der Waals surface area contributed by atoms with Gasteiger partial charge in [0.25, 0.3) is 0 Å². The highest BCUT2D eigenvalue weighted by atomic mass is 16.5. The fourth-order valence-electron chi connectivity index (χ4n) is 3.35. The van der Waals surface area contributed by atoms with Crippen molar-refractivity contribution in [2.75, 3.05) is 6.54 Å². The summed E-state index contributed by atoms with van der Waals surface area (Å²) < 4.78 is 6.23. The highest BCUT2D eigenvalue weighted by Crippen LogP contribution is 2.27. The van der Waals surface area contributed by atoms with E-state index in [2.05, 4.69) is 71.6 Å². The Morgan fingerprint density at radius 3 is 2.12 bits per heavy atom. The van der Waals surface area contributed by atoms with Gasteiger partial charge in [-0.15, -0.1) is 0 Å². The molecule has 0 aliphatic carbocycles. The molecule has 4 rings (SSSR count). The van der Waals surface area contributed by atoms with Crippen LogP contribution < -0.4 is 4.74 Å². The van der Waals surface area contributed by atoms with Crippen LogP contribution in [0.5, 0.6) is 5.75 Å². The first-order valence-corrected chi connectivity index (χ1v) is 9.11. The minimum atomic E-state index is 0.182. The Morgan fingerprint density at radius 1 is 0.808 bits per heavy atom. The summed E-state index contributed by atoms with van der Waals surface area (Å²) >= 11 is 0. The van der Waals surface area contributed by atoms with Gasteiger partial charge in [0.2, 0.25) is 0 Å². The lowest BCUT2D eigenvalue weighted by Crippen LogP contribution is -2.60. The number of rotatable bonds is 6. The molecule has 0 unspecified atom stereocenters. The molecule has 0 aromatic heterocycles. The van der Waals surface area contributed by atoms with E-state index >= 15 is 0 Å². The first kappa shape index (κ1) is 16.6. The number of benzene rings is 3. The number of hydrogen-bond acceptors (Lipinski definition) is 2. The molecular weight excluding hydrogens is 318 g/mol. The molecule has 1 aliphatic rings. The van der Waals surface area contributed by atoms with Crippen LogP contribution in [0.1, 0.15) is 11.1 Å². The average molecular weight is 341 g/mol. The van der Waals surface area contributed by atoms with Crippen molar-refractivity contribution in [1.29, 1.82) is 0 Å². The van der Waals surface area contributed by atoms with E-state index in [4.69, 9.17) is 4.74 Å². The predicted octanol–water partition coefficient (Wildman–Crippen LogP) is 5.03. The number of hydrogen-bond donors (Lipinski definition) is 0. The second kappa shape index (κ2) is 8.03. The van der Waals surface area contributed by atoms with Crippen LogP contribution in [0.3, 0.4) is 0 Å². The van der Waals surface area contributed by atoms with E-state index in [9.17, 15) is 0 Å². The Kier molecular flexibility index (Phi) is 5.13. The summed E-state index contributed by atoms with van der Waals surface area (Å²) in [5, 5.41) is 0. The van der Waals surface area contributed by atoms with Crippen molar-refractivity contribution >= 4 is 6.08 Å². The molecule has 1 saturated heterocycles. The number of likely N-dealkylation sites (tertiary alicyclic amines) is 1. The largest absolute Gasteiger partial charge is 0.487 e. The molecule has 0 bridgehead atoms. The SMILES string of the molecule is C(=C\[C@@H]1[C@H](Oc2ccccc2)CN1Cc1ccccc1)/c1ccccc1. The normalized spacial score (nSPS) is 20.0. The van der Waals surface area contributed by atoms with Crippen molar-refractivity contribution in [3.05, 3.63) is 108 Å². The Labute approximate surface area is 155 Å². The summed E-state index contributed by atoms with van der Waals surface area (Å²) in [5.41, 5.74) is 2.56. The van der Waals surface area contributed by atoms with Crippen molar-refractivity contribution in [3.8, 4) is 5.75 Å². The van der Waals surface area contributed by atoms with Gasteiger partial charge in [-0.05, 0) is 23.3 Å². The molecule has 0 spiro atoms. The third kappa shape index (κ3) is 4.04. The monoisotopic (exact) mass is 341 g/mol. The van der Waals surface area contributed by atoms with Gasteiger partial charge in [-0.3, -0.25) is 4.90 Å². The van der Waals surface area contributed by atoms with E-state index in [1.165, 1.54) is 11.1 Å². The van der Waals surface area contributed by atoms with E-state index in [1.807, 2.05) is 36.4 Å². The minimum absolute atomic E-state index is 0.182. The Balaban J connectivity index is 1.48.